The van der Waals surface area contributed by atoms with Crippen LogP contribution in [0.4, 0.5) is 0 Å². The highest BCUT2D eigenvalue weighted by molar-refractivity contribution is 7.00. The molecule has 5 heteroatoms. The average molecular weight is 320 g/mol. The van der Waals surface area contributed by atoms with E-state index < -0.39 is 0 Å². The third-order valence-corrected chi connectivity index (χ3v) is 4.30. The molecule has 0 radical (unpaired) electrons. The van der Waals surface area contributed by atoms with E-state index in [9.17, 15) is 10.2 Å². The largest absolute Gasteiger partial charge is 0.508 e. The third-order valence-electron chi connectivity index (χ3n) is 3.77. The van der Waals surface area contributed by atoms with E-state index in [1.165, 1.54) is 11.7 Å². The molecule has 4 aromatic rings. The minimum atomic E-state index is 0.238. The summed E-state index contributed by atoms with van der Waals surface area (Å²) >= 11 is 1.18. The molecule has 23 heavy (non-hydrogen) atoms. The van der Waals surface area contributed by atoms with Crippen molar-refractivity contribution in [3.05, 3.63) is 60.7 Å². The van der Waals surface area contributed by atoms with Gasteiger partial charge in [0.25, 0.3) is 0 Å². The molecular weight excluding hydrogens is 308 g/mol. The van der Waals surface area contributed by atoms with Gasteiger partial charge in [0.1, 0.15) is 22.5 Å². The number of fused-ring (bicyclic) bond motifs is 1. The molecule has 4 rings (SSSR count). The standard InChI is InChI=1S/C18H12N2O2S/c21-13-5-1-11(2-6-13)15-9-10-16(18-17(15)19-23-20-18)12-3-7-14(22)8-4-12/h1-10,21-22H. The molecule has 0 saturated heterocycles. The van der Waals surface area contributed by atoms with Crippen molar-refractivity contribution in [1.82, 2.24) is 8.75 Å². The van der Waals surface area contributed by atoms with Gasteiger partial charge in [0.2, 0.25) is 0 Å². The zero-order chi connectivity index (χ0) is 15.8. The number of phenolic OH excluding ortho intramolecular Hbond substituents is 2. The highest BCUT2D eigenvalue weighted by Gasteiger charge is 2.13. The lowest BCUT2D eigenvalue weighted by Crippen LogP contribution is -1.85. The van der Waals surface area contributed by atoms with Gasteiger partial charge in [-0.15, -0.1) is 0 Å². The van der Waals surface area contributed by atoms with Crippen LogP contribution in [0.5, 0.6) is 11.5 Å². The first-order chi connectivity index (χ1) is 11.2. The molecule has 0 bridgehead atoms. The predicted molar refractivity (Wildman–Crippen MR) is 91.6 cm³/mol. The second kappa shape index (κ2) is 5.37. The Labute approximate surface area is 136 Å². The first kappa shape index (κ1) is 13.7. The van der Waals surface area contributed by atoms with Crippen LogP contribution < -0.4 is 0 Å². The van der Waals surface area contributed by atoms with E-state index in [0.29, 0.717) is 0 Å². The molecule has 0 aliphatic heterocycles. The van der Waals surface area contributed by atoms with Crippen molar-refractivity contribution < 1.29 is 10.2 Å². The molecule has 3 aromatic carbocycles. The van der Waals surface area contributed by atoms with Gasteiger partial charge < -0.3 is 10.2 Å². The van der Waals surface area contributed by atoms with Crippen LogP contribution in [0.3, 0.4) is 0 Å². The summed E-state index contributed by atoms with van der Waals surface area (Å²) in [4.78, 5) is 0. The lowest BCUT2D eigenvalue weighted by atomic mass is 9.98. The van der Waals surface area contributed by atoms with Gasteiger partial charge >= 0.3 is 0 Å². The van der Waals surface area contributed by atoms with Gasteiger partial charge in [-0.1, -0.05) is 36.4 Å². The van der Waals surface area contributed by atoms with Gasteiger partial charge in [-0.3, -0.25) is 0 Å². The summed E-state index contributed by atoms with van der Waals surface area (Å²) in [6, 6.07) is 18.1. The molecule has 0 fully saturated rings. The number of benzene rings is 3. The normalized spacial score (nSPS) is 11.0. The Kier molecular flexibility index (Phi) is 3.20. The van der Waals surface area contributed by atoms with Crippen molar-refractivity contribution in [2.45, 2.75) is 0 Å². The quantitative estimate of drug-likeness (QED) is 0.573. The second-order valence-corrected chi connectivity index (χ2v) is 5.74. The Morgan fingerprint density at radius 2 is 0.957 bits per heavy atom. The number of rotatable bonds is 2. The van der Waals surface area contributed by atoms with Crippen LogP contribution in [0.2, 0.25) is 0 Å². The fraction of sp³-hybridized carbons (Fsp3) is 0. The predicted octanol–water partition coefficient (Wildman–Crippen LogP) is 4.44. The summed E-state index contributed by atoms with van der Waals surface area (Å²) in [6.45, 7) is 0. The van der Waals surface area contributed by atoms with Crippen LogP contribution in [0.25, 0.3) is 33.3 Å². The minimum Gasteiger partial charge on any atom is -0.508 e. The van der Waals surface area contributed by atoms with E-state index in [2.05, 4.69) is 8.75 Å². The number of nitrogens with zero attached hydrogens (tertiary/aromatic N) is 2. The summed E-state index contributed by atoms with van der Waals surface area (Å²) < 4.78 is 8.88. The molecular formula is C18H12N2O2S. The maximum atomic E-state index is 9.45. The number of hydrogen-bond acceptors (Lipinski definition) is 5. The average Bonchev–Trinajstić information content (AvgIpc) is 3.05. The Balaban J connectivity index is 1.91. The number of hydrogen-bond donors (Lipinski definition) is 2. The Morgan fingerprint density at radius 1 is 0.565 bits per heavy atom. The smallest absolute Gasteiger partial charge is 0.115 e. The van der Waals surface area contributed by atoms with Crippen LogP contribution in [0.1, 0.15) is 0 Å². The van der Waals surface area contributed by atoms with Gasteiger partial charge in [0.15, 0.2) is 0 Å². The van der Waals surface area contributed by atoms with E-state index in [0.717, 1.165) is 33.3 Å². The summed E-state index contributed by atoms with van der Waals surface area (Å²) in [5, 5.41) is 18.9. The Hall–Kier alpha value is -2.92. The zero-order valence-electron chi connectivity index (χ0n) is 12.0. The lowest BCUT2D eigenvalue weighted by molar-refractivity contribution is 0.475. The molecule has 1 heterocycles. The zero-order valence-corrected chi connectivity index (χ0v) is 12.8. The van der Waals surface area contributed by atoms with Gasteiger partial charge in [-0.05, 0) is 35.4 Å². The van der Waals surface area contributed by atoms with Crippen LogP contribution >= 0.6 is 11.7 Å². The lowest BCUT2D eigenvalue weighted by Gasteiger charge is -2.07. The SMILES string of the molecule is Oc1ccc(-c2ccc(-c3ccc(O)cc3)c3nsnc23)cc1. The fourth-order valence-corrected chi connectivity index (χ4v) is 3.19. The molecule has 0 aliphatic carbocycles. The van der Waals surface area contributed by atoms with E-state index in [-0.39, 0.29) is 11.5 Å². The van der Waals surface area contributed by atoms with E-state index >= 15 is 0 Å². The Bertz CT molecular complexity index is 897. The maximum Gasteiger partial charge on any atom is 0.115 e. The summed E-state index contributed by atoms with van der Waals surface area (Å²) in [7, 11) is 0. The van der Waals surface area contributed by atoms with Crippen molar-refractivity contribution >= 4 is 22.8 Å². The molecule has 2 N–H and O–H groups in total. The monoisotopic (exact) mass is 320 g/mol. The second-order valence-electron chi connectivity index (χ2n) is 5.22. The molecule has 0 amide bonds. The van der Waals surface area contributed by atoms with Crippen molar-refractivity contribution in [2.75, 3.05) is 0 Å². The third kappa shape index (κ3) is 2.41. The van der Waals surface area contributed by atoms with Crippen molar-refractivity contribution in [2.24, 2.45) is 0 Å². The Morgan fingerprint density at radius 3 is 1.35 bits per heavy atom. The van der Waals surface area contributed by atoms with Crippen LogP contribution in [-0.4, -0.2) is 19.0 Å². The summed E-state index contributed by atoms with van der Waals surface area (Å²) in [5.41, 5.74) is 5.61. The molecule has 0 aliphatic rings. The number of aromatic hydroxyl groups is 2. The molecule has 0 spiro atoms. The highest BCUT2D eigenvalue weighted by Crippen LogP contribution is 2.35. The molecule has 0 saturated carbocycles. The van der Waals surface area contributed by atoms with Crippen molar-refractivity contribution in [3.8, 4) is 33.8 Å². The summed E-state index contributed by atoms with van der Waals surface area (Å²) in [5.74, 6) is 0.476. The number of phenols is 2. The summed E-state index contributed by atoms with van der Waals surface area (Å²) in [6.07, 6.45) is 0. The van der Waals surface area contributed by atoms with Crippen molar-refractivity contribution in [3.63, 3.8) is 0 Å². The maximum absolute atomic E-state index is 9.45. The van der Waals surface area contributed by atoms with E-state index in [1.54, 1.807) is 24.3 Å². The first-order valence-electron chi connectivity index (χ1n) is 7.06. The highest BCUT2D eigenvalue weighted by atomic mass is 32.1. The van der Waals surface area contributed by atoms with Gasteiger partial charge in [0.05, 0.1) is 11.7 Å². The molecule has 1 aromatic heterocycles. The van der Waals surface area contributed by atoms with Crippen LogP contribution in [0, 0.1) is 0 Å². The van der Waals surface area contributed by atoms with E-state index in [4.69, 9.17) is 0 Å². The number of aromatic nitrogens is 2. The minimum absolute atomic E-state index is 0.238. The topological polar surface area (TPSA) is 66.2 Å². The van der Waals surface area contributed by atoms with Crippen LogP contribution in [0.15, 0.2) is 60.7 Å². The molecule has 112 valence electrons. The van der Waals surface area contributed by atoms with E-state index in [1.807, 2.05) is 36.4 Å². The van der Waals surface area contributed by atoms with Gasteiger partial charge in [-0.2, -0.15) is 8.75 Å². The molecule has 4 nitrogen and oxygen atoms in total. The fourth-order valence-electron chi connectivity index (χ4n) is 2.61. The van der Waals surface area contributed by atoms with Crippen LogP contribution in [-0.2, 0) is 0 Å². The van der Waals surface area contributed by atoms with Gasteiger partial charge in [-0.25, -0.2) is 0 Å². The molecule has 0 atom stereocenters. The van der Waals surface area contributed by atoms with Crippen molar-refractivity contribution in [1.29, 1.82) is 0 Å². The van der Waals surface area contributed by atoms with Gasteiger partial charge in [0, 0.05) is 11.1 Å². The molecule has 0 unspecified atom stereocenters. The first-order valence-corrected chi connectivity index (χ1v) is 7.79.